The summed E-state index contributed by atoms with van der Waals surface area (Å²) in [5.41, 5.74) is -0.140. The summed E-state index contributed by atoms with van der Waals surface area (Å²) in [6, 6.07) is 3.34. The van der Waals surface area contributed by atoms with Crippen LogP contribution in [0.5, 0.6) is 0 Å². The molecule has 0 aromatic heterocycles. The molecule has 1 saturated heterocycles. The number of non-ortho nitro benzene ring substituents is 1. The number of halogens is 1. The van der Waals surface area contributed by atoms with Crippen LogP contribution in [0.3, 0.4) is 0 Å². The van der Waals surface area contributed by atoms with Gasteiger partial charge in [0, 0.05) is 32.3 Å². The Hall–Kier alpha value is -1.70. The van der Waals surface area contributed by atoms with E-state index in [0.29, 0.717) is 13.1 Å². The third kappa shape index (κ3) is 2.74. The van der Waals surface area contributed by atoms with Gasteiger partial charge in [-0.05, 0) is 6.07 Å². The van der Waals surface area contributed by atoms with Gasteiger partial charge in [-0.1, -0.05) is 11.6 Å². The van der Waals surface area contributed by atoms with Crippen molar-refractivity contribution in [3.05, 3.63) is 38.9 Å². The number of β-amino-alcohol motifs (C(OH)–C–C–N with tert-alkyl or cyclic N) is 1. The number of nitrogens with one attached hydrogen (secondary N) is 1. The van der Waals surface area contributed by atoms with Crippen molar-refractivity contribution in [2.24, 2.45) is 0 Å². The second-order valence-electron chi connectivity index (χ2n) is 4.63. The van der Waals surface area contributed by atoms with E-state index < -0.39 is 16.9 Å². The summed E-state index contributed by atoms with van der Waals surface area (Å²) < 4.78 is 0. The molecule has 0 radical (unpaired) electrons. The highest BCUT2D eigenvalue weighted by atomic mass is 35.5. The van der Waals surface area contributed by atoms with Crippen molar-refractivity contribution in [3.8, 4) is 0 Å². The van der Waals surface area contributed by atoms with E-state index in [-0.39, 0.29) is 22.3 Å². The summed E-state index contributed by atoms with van der Waals surface area (Å²) in [5, 5.41) is 23.6. The Morgan fingerprint density at radius 3 is 2.80 bits per heavy atom. The first-order chi connectivity index (χ1) is 9.41. The molecule has 1 aromatic carbocycles. The van der Waals surface area contributed by atoms with Crippen molar-refractivity contribution in [1.29, 1.82) is 0 Å². The van der Waals surface area contributed by atoms with E-state index >= 15 is 0 Å². The number of hydrogen-bond donors (Lipinski definition) is 2. The molecule has 2 rings (SSSR count). The summed E-state index contributed by atoms with van der Waals surface area (Å²) >= 11 is 5.93. The van der Waals surface area contributed by atoms with E-state index in [1.165, 1.54) is 17.0 Å². The largest absolute Gasteiger partial charge is 0.390 e. The summed E-state index contributed by atoms with van der Waals surface area (Å²) in [4.78, 5) is 23.9. The van der Waals surface area contributed by atoms with Gasteiger partial charge in [0.2, 0.25) is 0 Å². The number of hydrogen-bond acceptors (Lipinski definition) is 5. The minimum Gasteiger partial charge on any atom is -0.390 e. The number of likely N-dealkylation sites (N-methyl/N-ethyl adjacent to an activating group) is 1. The van der Waals surface area contributed by atoms with Crippen molar-refractivity contribution in [2.75, 3.05) is 20.1 Å². The monoisotopic (exact) mass is 299 g/mol. The summed E-state index contributed by atoms with van der Waals surface area (Å²) in [7, 11) is 1.54. The van der Waals surface area contributed by atoms with Gasteiger partial charge in [0.05, 0.1) is 27.7 Å². The van der Waals surface area contributed by atoms with E-state index in [1.54, 1.807) is 7.05 Å². The lowest BCUT2D eigenvalue weighted by Crippen LogP contribution is -2.44. The van der Waals surface area contributed by atoms with Gasteiger partial charge in [-0.3, -0.25) is 14.9 Å². The number of amides is 1. The number of nitro benzene ring substituents is 1. The fourth-order valence-electron chi connectivity index (χ4n) is 2.18. The summed E-state index contributed by atoms with van der Waals surface area (Å²) in [6.45, 7) is 0.876. The highest BCUT2D eigenvalue weighted by Crippen LogP contribution is 2.24. The number of nitro groups is 1. The van der Waals surface area contributed by atoms with Crippen molar-refractivity contribution in [3.63, 3.8) is 0 Å². The van der Waals surface area contributed by atoms with Gasteiger partial charge in [-0.15, -0.1) is 0 Å². The topological polar surface area (TPSA) is 95.7 Å². The number of carbonyl (C=O) groups excluding carboxylic acids is 1. The minimum absolute atomic E-state index is 0.0578. The SMILES string of the molecule is CN(C(=O)c1cc([N+](=O)[O-])ccc1Cl)[C@H]1CNC[C@@H]1O. The molecular formula is C12H14ClN3O4. The zero-order chi connectivity index (χ0) is 14.9. The summed E-state index contributed by atoms with van der Waals surface area (Å²) in [5.74, 6) is -0.452. The molecule has 2 atom stereocenters. The Morgan fingerprint density at radius 1 is 1.55 bits per heavy atom. The maximum atomic E-state index is 12.4. The number of benzene rings is 1. The molecule has 1 aromatic rings. The lowest BCUT2D eigenvalue weighted by molar-refractivity contribution is -0.384. The zero-order valence-corrected chi connectivity index (χ0v) is 11.5. The van der Waals surface area contributed by atoms with E-state index in [0.717, 1.165) is 6.07 Å². The van der Waals surface area contributed by atoms with Gasteiger partial charge in [0.1, 0.15) is 0 Å². The highest BCUT2D eigenvalue weighted by molar-refractivity contribution is 6.33. The fourth-order valence-corrected chi connectivity index (χ4v) is 2.38. The molecule has 8 heteroatoms. The van der Waals surface area contributed by atoms with Crippen LogP contribution in [-0.4, -0.2) is 53.1 Å². The van der Waals surface area contributed by atoms with Crippen LogP contribution in [0.15, 0.2) is 18.2 Å². The third-order valence-corrected chi connectivity index (χ3v) is 3.69. The van der Waals surface area contributed by atoms with Crippen LogP contribution in [-0.2, 0) is 0 Å². The number of aliphatic hydroxyl groups excluding tert-OH is 1. The lowest BCUT2D eigenvalue weighted by Gasteiger charge is -2.26. The average Bonchev–Trinajstić information content (AvgIpc) is 2.83. The maximum Gasteiger partial charge on any atom is 0.270 e. The second-order valence-corrected chi connectivity index (χ2v) is 5.04. The molecule has 2 N–H and O–H groups in total. The number of nitrogens with zero attached hydrogens (tertiary/aromatic N) is 2. The first-order valence-corrected chi connectivity index (χ1v) is 6.39. The third-order valence-electron chi connectivity index (χ3n) is 3.36. The van der Waals surface area contributed by atoms with Crippen LogP contribution in [0.25, 0.3) is 0 Å². The van der Waals surface area contributed by atoms with E-state index in [4.69, 9.17) is 11.6 Å². The Labute approximate surface area is 120 Å². The van der Waals surface area contributed by atoms with Gasteiger partial charge < -0.3 is 15.3 Å². The molecule has 1 fully saturated rings. The van der Waals surface area contributed by atoms with E-state index in [1.807, 2.05) is 0 Å². The zero-order valence-electron chi connectivity index (χ0n) is 10.7. The normalized spacial score (nSPS) is 21.8. The van der Waals surface area contributed by atoms with Gasteiger partial charge in [0.25, 0.3) is 11.6 Å². The maximum absolute atomic E-state index is 12.4. The van der Waals surface area contributed by atoms with Crippen LogP contribution in [0, 0.1) is 10.1 Å². The Bertz CT molecular complexity index is 552. The second kappa shape index (κ2) is 5.74. The molecule has 108 valence electrons. The average molecular weight is 300 g/mol. The van der Waals surface area contributed by atoms with Crippen LogP contribution in [0.1, 0.15) is 10.4 Å². The van der Waals surface area contributed by atoms with Crippen LogP contribution in [0.2, 0.25) is 5.02 Å². The smallest absolute Gasteiger partial charge is 0.270 e. The summed E-state index contributed by atoms with van der Waals surface area (Å²) in [6.07, 6.45) is -0.665. The molecule has 20 heavy (non-hydrogen) atoms. The number of rotatable bonds is 3. The standard InChI is InChI=1S/C12H14ClN3O4/c1-15(10-5-14-6-11(10)17)12(18)8-4-7(16(19)20)2-3-9(8)13/h2-4,10-11,14,17H,5-6H2,1H3/t10-,11-/m0/s1. The molecule has 7 nitrogen and oxygen atoms in total. The van der Waals surface area contributed by atoms with E-state index in [2.05, 4.69) is 5.32 Å². The van der Waals surface area contributed by atoms with Crippen molar-refractivity contribution in [2.45, 2.75) is 12.1 Å². The van der Waals surface area contributed by atoms with Crippen LogP contribution >= 0.6 is 11.6 Å². The minimum atomic E-state index is -0.665. The number of aliphatic hydroxyl groups is 1. The van der Waals surface area contributed by atoms with E-state index in [9.17, 15) is 20.0 Å². The highest BCUT2D eigenvalue weighted by Gasteiger charge is 2.32. The fraction of sp³-hybridized carbons (Fsp3) is 0.417. The molecule has 0 spiro atoms. The molecule has 1 aliphatic heterocycles. The quantitative estimate of drug-likeness (QED) is 0.631. The van der Waals surface area contributed by atoms with Gasteiger partial charge in [-0.2, -0.15) is 0 Å². The molecule has 0 saturated carbocycles. The van der Waals surface area contributed by atoms with Gasteiger partial charge >= 0.3 is 0 Å². The predicted molar refractivity (Wildman–Crippen MR) is 72.9 cm³/mol. The molecule has 0 bridgehead atoms. The molecule has 1 amide bonds. The van der Waals surface area contributed by atoms with Gasteiger partial charge in [-0.25, -0.2) is 0 Å². The molecule has 0 unspecified atom stereocenters. The van der Waals surface area contributed by atoms with Crippen LogP contribution < -0.4 is 5.32 Å². The Kier molecular flexibility index (Phi) is 4.22. The Balaban J connectivity index is 2.28. The molecule has 1 aliphatic rings. The Morgan fingerprint density at radius 2 is 2.25 bits per heavy atom. The van der Waals surface area contributed by atoms with Gasteiger partial charge in [0.15, 0.2) is 0 Å². The van der Waals surface area contributed by atoms with Crippen molar-refractivity contribution in [1.82, 2.24) is 10.2 Å². The van der Waals surface area contributed by atoms with Crippen molar-refractivity contribution < 1.29 is 14.8 Å². The van der Waals surface area contributed by atoms with Crippen LogP contribution in [0.4, 0.5) is 5.69 Å². The predicted octanol–water partition coefficient (Wildman–Crippen LogP) is 0.653. The molecular weight excluding hydrogens is 286 g/mol. The molecule has 0 aliphatic carbocycles. The number of carbonyl (C=O) groups is 1. The first-order valence-electron chi connectivity index (χ1n) is 6.01. The first kappa shape index (κ1) is 14.7. The molecule has 1 heterocycles. The van der Waals surface area contributed by atoms with Crippen molar-refractivity contribution >= 4 is 23.2 Å². The lowest BCUT2D eigenvalue weighted by atomic mass is 10.1.